The minimum Gasteiger partial charge on any atom is -0.485 e. The van der Waals surface area contributed by atoms with Gasteiger partial charge in [-0.05, 0) is 56.5 Å². The Bertz CT molecular complexity index is 884. The predicted octanol–water partition coefficient (Wildman–Crippen LogP) is 5.65. The lowest BCUT2D eigenvalue weighted by Gasteiger charge is -2.44. The molecule has 0 amide bonds. The van der Waals surface area contributed by atoms with Crippen molar-refractivity contribution in [3.05, 3.63) is 59.2 Å². The van der Waals surface area contributed by atoms with Crippen molar-refractivity contribution in [1.82, 2.24) is 0 Å². The van der Waals surface area contributed by atoms with Gasteiger partial charge in [0.1, 0.15) is 30.2 Å². The Morgan fingerprint density at radius 2 is 1.97 bits per heavy atom. The van der Waals surface area contributed by atoms with Crippen LogP contribution in [-0.2, 0) is 16.0 Å². The first kappa shape index (κ1) is 22.2. The maximum Gasteiger partial charge on any atom is 0.132 e. The number of fused-ring (bicyclic) bond motifs is 1. The molecule has 0 fully saturated rings. The summed E-state index contributed by atoms with van der Waals surface area (Å²) in [5, 5.41) is 3.53. The van der Waals surface area contributed by atoms with Crippen LogP contribution in [-0.4, -0.2) is 24.9 Å². The van der Waals surface area contributed by atoms with Crippen molar-refractivity contribution in [2.45, 2.75) is 64.9 Å². The molecule has 160 valence electrons. The number of ether oxygens (including phenoxy) is 3. The second kappa shape index (κ2) is 10.0. The molecular weight excluding hydrogens is 374 g/mol. The summed E-state index contributed by atoms with van der Waals surface area (Å²) in [6.45, 7) is 10.0. The third-order valence-corrected chi connectivity index (χ3v) is 5.54. The van der Waals surface area contributed by atoms with Crippen LogP contribution in [0.4, 0.5) is 5.69 Å². The maximum atomic E-state index is 6.33. The van der Waals surface area contributed by atoms with E-state index in [1.807, 2.05) is 19.9 Å². The topological polar surface area (TPSA) is 39.7 Å². The van der Waals surface area contributed by atoms with Crippen LogP contribution in [0.15, 0.2) is 42.5 Å². The van der Waals surface area contributed by atoms with E-state index in [2.05, 4.69) is 61.5 Å². The van der Waals surface area contributed by atoms with Crippen molar-refractivity contribution in [2.24, 2.45) is 0 Å². The average Bonchev–Trinajstić information content (AvgIpc) is 2.72. The zero-order valence-corrected chi connectivity index (χ0v) is 18.5. The lowest BCUT2D eigenvalue weighted by atomic mass is 9.87. The number of aryl methyl sites for hydroxylation is 1. The minimum absolute atomic E-state index is 0.228. The molecule has 4 heteroatoms. The van der Waals surface area contributed by atoms with E-state index < -0.39 is 5.60 Å². The number of nitrogens with one attached hydrogen (secondary N) is 1. The minimum atomic E-state index is -0.545. The van der Waals surface area contributed by atoms with Crippen molar-refractivity contribution in [2.75, 3.05) is 18.5 Å². The highest BCUT2D eigenvalue weighted by atomic mass is 16.6. The van der Waals surface area contributed by atoms with Gasteiger partial charge in [-0.3, -0.25) is 0 Å². The summed E-state index contributed by atoms with van der Waals surface area (Å²) in [5.41, 5.74) is 4.04. The first-order chi connectivity index (χ1) is 14.5. The number of rotatable bonds is 9. The Labute approximate surface area is 180 Å². The highest BCUT2D eigenvalue weighted by molar-refractivity contribution is 5.54. The Hall–Kier alpha value is -2.48. The van der Waals surface area contributed by atoms with E-state index in [1.54, 1.807) is 0 Å². The van der Waals surface area contributed by atoms with Crippen molar-refractivity contribution in [3.63, 3.8) is 0 Å². The van der Waals surface area contributed by atoms with Gasteiger partial charge in [0.2, 0.25) is 0 Å². The molecule has 0 radical (unpaired) electrons. The fourth-order valence-corrected chi connectivity index (χ4v) is 3.81. The van der Waals surface area contributed by atoms with Crippen LogP contribution >= 0.6 is 0 Å². The Morgan fingerprint density at radius 3 is 2.70 bits per heavy atom. The molecule has 0 saturated carbocycles. The van der Waals surface area contributed by atoms with Crippen LogP contribution in [0.2, 0.25) is 0 Å². The summed E-state index contributed by atoms with van der Waals surface area (Å²) in [7, 11) is 0. The molecule has 1 aliphatic rings. The highest BCUT2D eigenvalue weighted by Crippen LogP contribution is 2.44. The molecule has 1 N–H and O–H groups in total. The normalized spacial score (nSPS) is 19.4. The fourth-order valence-electron chi connectivity index (χ4n) is 3.81. The Kier molecular flexibility index (Phi) is 7.42. The predicted molar refractivity (Wildman–Crippen MR) is 122 cm³/mol. The molecule has 0 aliphatic carbocycles. The molecule has 3 rings (SSSR count). The van der Waals surface area contributed by atoms with Crippen molar-refractivity contribution >= 4 is 5.69 Å². The lowest BCUT2D eigenvalue weighted by molar-refractivity contribution is -0.156. The van der Waals surface area contributed by atoms with E-state index in [-0.39, 0.29) is 18.8 Å². The standard InChI is InChI=1S/C26H33NO3/c1-6-8-16-28-24-22-17-21(27-18-20-12-10-9-11-19(20)3)13-14-23(22)30-26(4,5)25(24)29-15-7-2/h2,9-14,17,24-25,27H,6,8,15-16,18H2,1,3-5H3. The average molecular weight is 408 g/mol. The number of hydrogen-bond donors (Lipinski definition) is 1. The number of benzene rings is 2. The second-order valence-electron chi connectivity index (χ2n) is 8.32. The number of hydrogen-bond acceptors (Lipinski definition) is 4. The van der Waals surface area contributed by atoms with E-state index in [1.165, 1.54) is 11.1 Å². The van der Waals surface area contributed by atoms with Crippen molar-refractivity contribution in [1.29, 1.82) is 0 Å². The second-order valence-corrected chi connectivity index (χ2v) is 8.32. The zero-order chi connectivity index (χ0) is 21.6. The van der Waals surface area contributed by atoms with E-state index in [9.17, 15) is 0 Å². The molecule has 2 aromatic rings. The van der Waals surface area contributed by atoms with Gasteiger partial charge in [0, 0.05) is 24.4 Å². The molecule has 0 bridgehead atoms. The molecule has 1 aliphatic heterocycles. The monoisotopic (exact) mass is 407 g/mol. The fraction of sp³-hybridized carbons (Fsp3) is 0.462. The number of unbranched alkanes of at least 4 members (excludes halogenated alkanes) is 1. The van der Waals surface area contributed by atoms with Gasteiger partial charge in [-0.2, -0.15) is 0 Å². The van der Waals surface area contributed by atoms with Crippen LogP contribution in [0, 0.1) is 19.3 Å². The van der Waals surface area contributed by atoms with Crippen molar-refractivity contribution < 1.29 is 14.2 Å². The molecule has 0 aromatic heterocycles. The quantitative estimate of drug-likeness (QED) is 0.430. The van der Waals surface area contributed by atoms with Crippen LogP contribution in [0.25, 0.3) is 0 Å². The molecule has 2 unspecified atom stereocenters. The first-order valence-corrected chi connectivity index (χ1v) is 10.7. The Balaban J connectivity index is 1.86. The summed E-state index contributed by atoms with van der Waals surface area (Å²) in [6.07, 6.45) is 7.02. The molecule has 30 heavy (non-hydrogen) atoms. The maximum absolute atomic E-state index is 6.33. The summed E-state index contributed by atoms with van der Waals surface area (Å²) < 4.78 is 18.7. The van der Waals surface area contributed by atoms with Gasteiger partial charge in [-0.25, -0.2) is 0 Å². The third-order valence-electron chi connectivity index (χ3n) is 5.54. The molecular formula is C26H33NO3. The van der Waals surface area contributed by atoms with Gasteiger partial charge in [-0.15, -0.1) is 6.42 Å². The summed E-state index contributed by atoms with van der Waals surface area (Å²) in [5.74, 6) is 3.41. The smallest absolute Gasteiger partial charge is 0.132 e. The largest absolute Gasteiger partial charge is 0.485 e. The van der Waals surface area contributed by atoms with Gasteiger partial charge in [0.05, 0.1) is 0 Å². The zero-order valence-electron chi connectivity index (χ0n) is 18.5. The lowest BCUT2D eigenvalue weighted by Crippen LogP contribution is -2.51. The van der Waals surface area contributed by atoms with E-state index in [4.69, 9.17) is 20.6 Å². The van der Waals surface area contributed by atoms with Gasteiger partial charge < -0.3 is 19.5 Å². The van der Waals surface area contributed by atoms with Gasteiger partial charge >= 0.3 is 0 Å². The van der Waals surface area contributed by atoms with Crippen molar-refractivity contribution in [3.8, 4) is 18.1 Å². The molecule has 0 saturated heterocycles. The number of terminal acetylenes is 1. The third kappa shape index (κ3) is 5.16. The van der Waals surface area contributed by atoms with E-state index >= 15 is 0 Å². The summed E-state index contributed by atoms with van der Waals surface area (Å²) in [6, 6.07) is 14.6. The Morgan fingerprint density at radius 1 is 1.17 bits per heavy atom. The van der Waals surface area contributed by atoms with E-state index in [0.717, 1.165) is 36.4 Å². The van der Waals surface area contributed by atoms with Gasteiger partial charge in [0.25, 0.3) is 0 Å². The molecule has 4 nitrogen and oxygen atoms in total. The van der Waals surface area contributed by atoms with E-state index in [0.29, 0.717) is 6.61 Å². The first-order valence-electron chi connectivity index (χ1n) is 10.7. The highest BCUT2D eigenvalue weighted by Gasteiger charge is 2.45. The molecule has 2 atom stereocenters. The van der Waals surface area contributed by atoms with Gasteiger partial charge in [-0.1, -0.05) is 43.5 Å². The molecule has 2 aromatic carbocycles. The summed E-state index contributed by atoms with van der Waals surface area (Å²) >= 11 is 0. The molecule has 0 spiro atoms. The van der Waals surface area contributed by atoms with Crippen LogP contribution < -0.4 is 10.1 Å². The van der Waals surface area contributed by atoms with Crippen LogP contribution in [0.3, 0.4) is 0 Å². The summed E-state index contributed by atoms with van der Waals surface area (Å²) in [4.78, 5) is 0. The SMILES string of the molecule is C#CCOC1C(OCCCC)c2cc(NCc3ccccc3C)ccc2OC1(C)C. The molecule has 1 heterocycles. The van der Waals surface area contributed by atoms with Gasteiger partial charge in [0.15, 0.2) is 0 Å². The number of anilines is 1. The van der Waals surface area contributed by atoms with Crippen LogP contribution in [0.5, 0.6) is 5.75 Å². The van der Waals surface area contributed by atoms with Crippen LogP contribution in [0.1, 0.15) is 56.4 Å².